The summed E-state index contributed by atoms with van der Waals surface area (Å²) in [7, 11) is 0. The van der Waals surface area contributed by atoms with E-state index in [1.165, 1.54) is 6.07 Å². The number of nitro groups is 1. The molecule has 0 bridgehead atoms. The molecule has 0 saturated carbocycles. The number of halogens is 3. The maximum absolute atomic E-state index is 14.1. The van der Waals surface area contributed by atoms with Crippen LogP contribution in [-0.2, 0) is 0 Å². The van der Waals surface area contributed by atoms with Gasteiger partial charge in [-0.1, -0.05) is 0 Å². The fourth-order valence-corrected chi connectivity index (χ4v) is 2.00. The van der Waals surface area contributed by atoms with E-state index in [1.54, 1.807) is 0 Å². The number of hydrogen-bond acceptors (Lipinski definition) is 6. The maximum atomic E-state index is 14.1. The predicted molar refractivity (Wildman–Crippen MR) is 65.7 cm³/mol. The second-order valence-corrected chi connectivity index (χ2v) is 4.12. The first kappa shape index (κ1) is 15.1. The Kier molecular flexibility index (Phi) is 3.86. The van der Waals surface area contributed by atoms with Gasteiger partial charge in [-0.15, -0.1) is 0 Å². The van der Waals surface area contributed by atoms with Crippen LogP contribution >= 0.6 is 0 Å². The number of rotatable bonds is 2. The molecule has 1 aromatic carbocycles. The molecule has 10 heteroatoms. The first-order chi connectivity index (χ1) is 10.4. The third-order valence-corrected chi connectivity index (χ3v) is 2.93. The zero-order valence-corrected chi connectivity index (χ0v) is 10.7. The van der Waals surface area contributed by atoms with Crippen LogP contribution in [0.1, 0.15) is 16.7 Å². The van der Waals surface area contributed by atoms with Crippen molar-refractivity contribution >= 4 is 5.70 Å². The molecule has 1 aliphatic heterocycles. The Morgan fingerprint density at radius 2 is 1.59 bits per heavy atom. The summed E-state index contributed by atoms with van der Waals surface area (Å²) < 4.78 is 41.8. The standard InChI is InChI=1S/C12H6F3N5O2/c13-8-5(3-16)7(10(15)9(14)6(8)4-17)11(20(21)22)12-18-1-2-19-12/h18-19H,1-2H2. The van der Waals surface area contributed by atoms with Gasteiger partial charge in [0.15, 0.2) is 23.3 Å². The number of nitriles is 2. The molecule has 0 unspecified atom stereocenters. The molecular formula is C12H6F3N5O2. The van der Waals surface area contributed by atoms with E-state index < -0.39 is 44.8 Å². The number of hydrogen-bond donors (Lipinski definition) is 2. The molecular weight excluding hydrogens is 303 g/mol. The van der Waals surface area contributed by atoms with Crippen molar-refractivity contribution in [3.05, 3.63) is 50.1 Å². The second-order valence-electron chi connectivity index (χ2n) is 4.12. The smallest absolute Gasteiger partial charge is 0.320 e. The Morgan fingerprint density at radius 1 is 1.05 bits per heavy atom. The lowest BCUT2D eigenvalue weighted by Gasteiger charge is -2.09. The second kappa shape index (κ2) is 5.61. The van der Waals surface area contributed by atoms with Gasteiger partial charge >= 0.3 is 5.70 Å². The summed E-state index contributed by atoms with van der Waals surface area (Å²) in [6.07, 6.45) is 0. The van der Waals surface area contributed by atoms with Crippen molar-refractivity contribution in [1.82, 2.24) is 10.6 Å². The summed E-state index contributed by atoms with van der Waals surface area (Å²) in [4.78, 5) is 10.1. The molecule has 7 nitrogen and oxygen atoms in total. The van der Waals surface area contributed by atoms with Crippen LogP contribution in [0.15, 0.2) is 5.82 Å². The molecule has 0 aliphatic carbocycles. The molecule has 22 heavy (non-hydrogen) atoms. The Labute approximate surface area is 121 Å². The van der Waals surface area contributed by atoms with E-state index in [1.807, 2.05) is 0 Å². The zero-order valence-electron chi connectivity index (χ0n) is 10.7. The van der Waals surface area contributed by atoms with Crippen LogP contribution in [0.2, 0.25) is 0 Å². The first-order valence-corrected chi connectivity index (χ1v) is 5.81. The molecule has 0 radical (unpaired) electrons. The minimum atomic E-state index is -1.88. The maximum Gasteiger partial charge on any atom is 0.320 e. The van der Waals surface area contributed by atoms with Crippen LogP contribution in [0.3, 0.4) is 0 Å². The largest absolute Gasteiger partial charge is 0.364 e. The summed E-state index contributed by atoms with van der Waals surface area (Å²) in [5, 5.41) is 33.8. The van der Waals surface area contributed by atoms with Crippen LogP contribution in [-0.4, -0.2) is 18.0 Å². The van der Waals surface area contributed by atoms with Crippen LogP contribution < -0.4 is 10.6 Å². The molecule has 0 spiro atoms. The van der Waals surface area contributed by atoms with Crippen molar-refractivity contribution in [2.45, 2.75) is 0 Å². The molecule has 1 saturated heterocycles. The van der Waals surface area contributed by atoms with E-state index in [2.05, 4.69) is 10.6 Å². The number of benzene rings is 1. The Bertz CT molecular complexity index is 784. The van der Waals surface area contributed by atoms with Crippen molar-refractivity contribution in [1.29, 1.82) is 10.5 Å². The monoisotopic (exact) mass is 309 g/mol. The molecule has 1 fully saturated rings. The Morgan fingerprint density at radius 3 is 2.05 bits per heavy atom. The van der Waals surface area contributed by atoms with E-state index in [0.717, 1.165) is 6.07 Å². The van der Waals surface area contributed by atoms with Gasteiger partial charge in [-0.2, -0.15) is 10.5 Å². The molecule has 2 rings (SSSR count). The van der Waals surface area contributed by atoms with Gasteiger partial charge in [-0.3, -0.25) is 10.1 Å². The highest BCUT2D eigenvalue weighted by Gasteiger charge is 2.35. The molecule has 2 N–H and O–H groups in total. The first-order valence-electron chi connectivity index (χ1n) is 5.81. The molecule has 0 atom stereocenters. The molecule has 1 aromatic rings. The normalized spacial score (nSPS) is 12.9. The molecule has 112 valence electrons. The highest BCUT2D eigenvalue weighted by molar-refractivity contribution is 5.69. The molecule has 1 heterocycles. The van der Waals surface area contributed by atoms with Crippen molar-refractivity contribution in [2.75, 3.05) is 13.1 Å². The third-order valence-electron chi connectivity index (χ3n) is 2.93. The summed E-state index contributed by atoms with van der Waals surface area (Å²) in [5.41, 5.74) is -4.56. The average molecular weight is 309 g/mol. The topological polar surface area (TPSA) is 115 Å². The van der Waals surface area contributed by atoms with Gasteiger partial charge in [-0.25, -0.2) is 13.2 Å². The molecule has 0 amide bonds. The van der Waals surface area contributed by atoms with Crippen LogP contribution in [0.5, 0.6) is 0 Å². The van der Waals surface area contributed by atoms with Gasteiger partial charge in [-0.05, 0) is 0 Å². The van der Waals surface area contributed by atoms with E-state index in [9.17, 15) is 23.3 Å². The van der Waals surface area contributed by atoms with Gasteiger partial charge < -0.3 is 10.6 Å². The molecule has 1 aliphatic rings. The fourth-order valence-electron chi connectivity index (χ4n) is 2.00. The highest BCUT2D eigenvalue weighted by Crippen LogP contribution is 2.31. The van der Waals surface area contributed by atoms with Gasteiger partial charge in [0.25, 0.3) is 0 Å². The SMILES string of the molecule is N#Cc1c(F)c(F)c(C(=C2NCCN2)[N+](=O)[O-])c(C#N)c1F. The van der Waals surface area contributed by atoms with E-state index in [0.29, 0.717) is 0 Å². The lowest BCUT2D eigenvalue weighted by molar-refractivity contribution is -0.377. The van der Waals surface area contributed by atoms with Gasteiger partial charge in [0, 0.05) is 13.1 Å². The highest BCUT2D eigenvalue weighted by atomic mass is 19.2. The van der Waals surface area contributed by atoms with Crippen molar-refractivity contribution in [2.24, 2.45) is 0 Å². The lowest BCUT2D eigenvalue weighted by Crippen LogP contribution is -2.20. The van der Waals surface area contributed by atoms with E-state index >= 15 is 0 Å². The third kappa shape index (κ3) is 2.16. The molecule has 0 aromatic heterocycles. The quantitative estimate of drug-likeness (QED) is 0.477. The van der Waals surface area contributed by atoms with Crippen molar-refractivity contribution < 1.29 is 18.1 Å². The Balaban J connectivity index is 2.92. The van der Waals surface area contributed by atoms with E-state index in [-0.39, 0.29) is 18.9 Å². The summed E-state index contributed by atoms with van der Waals surface area (Å²) in [6.45, 7) is 0.550. The van der Waals surface area contributed by atoms with Crippen molar-refractivity contribution in [3.63, 3.8) is 0 Å². The van der Waals surface area contributed by atoms with Gasteiger partial charge in [0.05, 0.1) is 4.92 Å². The minimum absolute atomic E-state index is 0.260. The fraction of sp³-hybridized carbons (Fsp3) is 0.167. The summed E-state index contributed by atoms with van der Waals surface area (Å²) >= 11 is 0. The number of nitrogens with zero attached hydrogens (tertiary/aromatic N) is 3. The number of nitrogens with one attached hydrogen (secondary N) is 2. The zero-order chi connectivity index (χ0) is 16.4. The minimum Gasteiger partial charge on any atom is -0.364 e. The lowest BCUT2D eigenvalue weighted by atomic mass is 9.99. The Hall–Kier alpha value is -3.27. The van der Waals surface area contributed by atoms with Gasteiger partial charge in [0.1, 0.15) is 28.8 Å². The van der Waals surface area contributed by atoms with Crippen LogP contribution in [0.4, 0.5) is 13.2 Å². The predicted octanol–water partition coefficient (Wildman–Crippen LogP) is 0.943. The van der Waals surface area contributed by atoms with E-state index in [4.69, 9.17) is 10.5 Å². The summed E-state index contributed by atoms with van der Waals surface area (Å²) in [6, 6.07) is 2.32. The average Bonchev–Trinajstić information content (AvgIpc) is 2.99. The summed E-state index contributed by atoms with van der Waals surface area (Å²) in [5.74, 6) is -5.61. The van der Waals surface area contributed by atoms with Crippen molar-refractivity contribution in [3.8, 4) is 12.1 Å². The van der Waals surface area contributed by atoms with Crippen LogP contribution in [0, 0.1) is 50.2 Å². The van der Waals surface area contributed by atoms with Gasteiger partial charge in [0.2, 0.25) is 0 Å². The van der Waals surface area contributed by atoms with Crippen LogP contribution in [0.25, 0.3) is 5.70 Å².